The maximum absolute atomic E-state index is 14.6. The van der Waals surface area contributed by atoms with Gasteiger partial charge in [-0.05, 0) is 99.6 Å². The first-order chi connectivity index (χ1) is 25.2. The van der Waals surface area contributed by atoms with Crippen LogP contribution in [0.3, 0.4) is 0 Å². The molecule has 2 aliphatic carbocycles. The molecule has 3 heterocycles. The number of carbonyl (C=O) groups is 4. The van der Waals surface area contributed by atoms with E-state index in [1.807, 2.05) is 18.2 Å². The molecule has 1 saturated heterocycles. The predicted octanol–water partition coefficient (Wildman–Crippen LogP) is 6.04. The molecule has 2 aromatic carbocycles. The number of hydrogen-bond donors (Lipinski definition) is 1. The maximum atomic E-state index is 14.6. The number of ketones is 1. The number of Topliss-reactive ketones (excluding diaryl/α,β-unsaturated/α-hetero) is 1. The summed E-state index contributed by atoms with van der Waals surface area (Å²) in [4.78, 5) is 59.1. The Bertz CT molecular complexity index is 1940. The Morgan fingerprint density at radius 1 is 1.06 bits per heavy atom. The van der Waals surface area contributed by atoms with E-state index in [2.05, 4.69) is 4.72 Å². The maximum Gasteiger partial charge on any atom is 0.410 e. The molecule has 7 rings (SSSR count). The summed E-state index contributed by atoms with van der Waals surface area (Å²) in [6.07, 6.45) is 7.09. The van der Waals surface area contributed by atoms with E-state index in [4.69, 9.17) is 4.74 Å². The van der Waals surface area contributed by atoms with Crippen molar-refractivity contribution in [1.82, 2.24) is 14.5 Å². The van der Waals surface area contributed by atoms with Gasteiger partial charge in [0.05, 0.1) is 29.3 Å². The fourth-order valence-corrected chi connectivity index (χ4v) is 9.69. The van der Waals surface area contributed by atoms with Crippen LogP contribution in [0.25, 0.3) is 0 Å². The molecule has 0 radical (unpaired) electrons. The number of allylic oxidation sites excluding steroid dienone is 2. The molecule has 5 aliphatic rings. The number of aryl methyl sites for hydroxylation is 1. The van der Waals surface area contributed by atoms with Gasteiger partial charge < -0.3 is 9.64 Å². The Labute approximate surface area is 309 Å². The van der Waals surface area contributed by atoms with Gasteiger partial charge in [-0.1, -0.05) is 43.2 Å². The fourth-order valence-electron chi connectivity index (χ4n) is 8.36. The van der Waals surface area contributed by atoms with E-state index in [0.717, 1.165) is 31.2 Å². The summed E-state index contributed by atoms with van der Waals surface area (Å²) in [5.41, 5.74) is 1.19. The van der Waals surface area contributed by atoms with Crippen LogP contribution in [0.4, 0.5) is 13.6 Å². The van der Waals surface area contributed by atoms with E-state index in [1.165, 1.54) is 28.0 Å². The van der Waals surface area contributed by atoms with Gasteiger partial charge in [-0.25, -0.2) is 22.0 Å². The standard InChI is InChI=1S/C40H47F2N3O7S/c1-25-15-26(18-30(41)16-25)17-27-9-6-4-3-5-7-11-29-20-40(29,37(48)43-53(50,51)39(2)13-14-39)21-35(46)34-19-31(23-45(34)36(27)47)52-38(49)44-22-28-10-8-12-33(42)32(28)24-44/h7-8,10-12,15-16,18,27,29,31,34H,3-6,9,13-14,17,19-24H2,1-2H3,(H,43,48)/b11-7-/t27-,29-,31-,34+,40-/m1/s1. The highest BCUT2D eigenvalue weighted by Crippen LogP contribution is 2.57. The normalized spacial score (nSPS) is 28.9. The molecule has 0 spiro atoms. The number of benzene rings is 2. The molecule has 13 heteroatoms. The molecule has 284 valence electrons. The minimum absolute atomic E-state index is 0.00810. The van der Waals surface area contributed by atoms with Gasteiger partial charge in [0, 0.05) is 30.9 Å². The monoisotopic (exact) mass is 751 g/mol. The number of amides is 3. The van der Waals surface area contributed by atoms with Crippen LogP contribution < -0.4 is 4.72 Å². The van der Waals surface area contributed by atoms with Crippen molar-refractivity contribution in [2.75, 3.05) is 6.54 Å². The van der Waals surface area contributed by atoms with Gasteiger partial charge in [0.25, 0.3) is 0 Å². The van der Waals surface area contributed by atoms with Gasteiger partial charge in [0.2, 0.25) is 21.8 Å². The summed E-state index contributed by atoms with van der Waals surface area (Å²) in [6, 6.07) is 8.31. The van der Waals surface area contributed by atoms with E-state index in [0.29, 0.717) is 42.4 Å². The molecular weight excluding hydrogens is 705 g/mol. The van der Waals surface area contributed by atoms with E-state index >= 15 is 0 Å². The van der Waals surface area contributed by atoms with Crippen LogP contribution in [0.5, 0.6) is 0 Å². The lowest BCUT2D eigenvalue weighted by Crippen LogP contribution is -2.47. The molecule has 0 unspecified atom stereocenters. The van der Waals surface area contributed by atoms with E-state index in [-0.39, 0.29) is 50.7 Å². The van der Waals surface area contributed by atoms with Crippen LogP contribution in [-0.2, 0) is 48.7 Å². The zero-order valence-corrected chi connectivity index (χ0v) is 31.1. The minimum atomic E-state index is -3.96. The third-order valence-corrected chi connectivity index (χ3v) is 14.2. The SMILES string of the molecule is Cc1cc(F)cc(C[C@H]2CCCCC/C=C\[C@@H]3C[C@@]3(C(=O)NS(=O)(=O)C3(C)CC3)CC(=O)[C@@H]3C[C@@H](OC(=O)N4Cc5cccc(F)c5C4)CN3C2=O)c1. The molecule has 1 N–H and O–H groups in total. The van der Waals surface area contributed by atoms with Crippen molar-refractivity contribution in [3.05, 3.63) is 82.4 Å². The average molecular weight is 752 g/mol. The summed E-state index contributed by atoms with van der Waals surface area (Å²) >= 11 is 0. The highest BCUT2D eigenvalue weighted by Gasteiger charge is 2.62. The van der Waals surface area contributed by atoms with Crippen molar-refractivity contribution in [2.45, 2.75) is 114 Å². The molecular formula is C40H47F2N3O7S. The largest absolute Gasteiger partial charge is 0.444 e. The molecule has 2 saturated carbocycles. The Kier molecular flexibility index (Phi) is 10.0. The first-order valence-corrected chi connectivity index (χ1v) is 20.2. The van der Waals surface area contributed by atoms with Crippen LogP contribution in [-0.4, -0.2) is 65.3 Å². The van der Waals surface area contributed by atoms with Crippen LogP contribution in [0.1, 0.15) is 93.4 Å². The number of rotatable bonds is 6. The number of nitrogens with one attached hydrogen (secondary N) is 1. The predicted molar refractivity (Wildman–Crippen MR) is 191 cm³/mol. The van der Waals surface area contributed by atoms with Crippen molar-refractivity contribution in [3.8, 4) is 0 Å². The number of fused-ring (bicyclic) bond motifs is 3. The summed E-state index contributed by atoms with van der Waals surface area (Å²) in [6.45, 7) is 3.50. The molecule has 5 atom stereocenters. The van der Waals surface area contributed by atoms with Crippen LogP contribution in [0.15, 0.2) is 48.6 Å². The van der Waals surface area contributed by atoms with Gasteiger partial charge in [0.1, 0.15) is 17.7 Å². The second-order valence-electron chi connectivity index (χ2n) is 16.1. The molecule has 3 aliphatic heterocycles. The lowest BCUT2D eigenvalue weighted by Gasteiger charge is -2.29. The summed E-state index contributed by atoms with van der Waals surface area (Å²) in [5, 5.41) is 0. The number of ether oxygens (including phenoxy) is 1. The second kappa shape index (κ2) is 14.3. The molecule has 53 heavy (non-hydrogen) atoms. The molecule has 0 bridgehead atoms. The van der Waals surface area contributed by atoms with Crippen LogP contribution >= 0.6 is 0 Å². The van der Waals surface area contributed by atoms with Gasteiger partial charge in [-0.3, -0.25) is 24.0 Å². The fraction of sp³-hybridized carbons (Fsp3) is 0.550. The lowest BCUT2D eigenvalue weighted by molar-refractivity contribution is -0.142. The van der Waals surface area contributed by atoms with Crippen LogP contribution in [0, 0.1) is 35.8 Å². The molecule has 0 aromatic heterocycles. The Balaban J connectivity index is 1.16. The van der Waals surface area contributed by atoms with Gasteiger partial charge in [0.15, 0.2) is 5.78 Å². The molecule has 10 nitrogen and oxygen atoms in total. The first-order valence-electron chi connectivity index (χ1n) is 18.7. The third-order valence-electron chi connectivity index (χ3n) is 12.0. The van der Waals surface area contributed by atoms with Crippen molar-refractivity contribution in [2.24, 2.45) is 17.3 Å². The van der Waals surface area contributed by atoms with Crippen molar-refractivity contribution in [3.63, 3.8) is 0 Å². The number of nitrogens with zero attached hydrogens (tertiary/aromatic N) is 2. The third kappa shape index (κ3) is 7.63. The first kappa shape index (κ1) is 37.2. The van der Waals surface area contributed by atoms with E-state index in [1.54, 1.807) is 26.0 Å². The molecule has 3 amide bonds. The second-order valence-corrected chi connectivity index (χ2v) is 18.3. The van der Waals surface area contributed by atoms with Crippen molar-refractivity contribution < 1.29 is 41.1 Å². The topological polar surface area (TPSA) is 130 Å². The van der Waals surface area contributed by atoms with Crippen LogP contribution in [0.2, 0.25) is 0 Å². The van der Waals surface area contributed by atoms with Gasteiger partial charge in [-0.15, -0.1) is 0 Å². The number of carbonyl (C=O) groups excluding carboxylic acids is 4. The minimum Gasteiger partial charge on any atom is -0.444 e. The van der Waals surface area contributed by atoms with Crippen molar-refractivity contribution >= 4 is 33.7 Å². The average Bonchev–Trinajstić information content (AvgIpc) is 3.88. The summed E-state index contributed by atoms with van der Waals surface area (Å²) in [5.74, 6) is -3.19. The van der Waals surface area contributed by atoms with E-state index in [9.17, 15) is 36.4 Å². The quantitative estimate of drug-likeness (QED) is 0.357. The Morgan fingerprint density at radius 3 is 2.58 bits per heavy atom. The van der Waals surface area contributed by atoms with Gasteiger partial charge in [-0.2, -0.15) is 0 Å². The van der Waals surface area contributed by atoms with E-state index < -0.39 is 67.7 Å². The Hall–Kier alpha value is -4.13. The lowest BCUT2D eigenvalue weighted by atomic mass is 9.89. The number of halogens is 2. The zero-order valence-electron chi connectivity index (χ0n) is 30.2. The van der Waals surface area contributed by atoms with Gasteiger partial charge >= 0.3 is 6.09 Å². The molecule has 2 aromatic rings. The number of hydrogen-bond acceptors (Lipinski definition) is 7. The molecule has 3 fully saturated rings. The number of sulfonamides is 1. The summed E-state index contributed by atoms with van der Waals surface area (Å²) < 4.78 is 62.4. The highest BCUT2D eigenvalue weighted by atomic mass is 32.2. The van der Waals surface area contributed by atoms with Crippen molar-refractivity contribution in [1.29, 1.82) is 0 Å². The zero-order chi connectivity index (χ0) is 37.7. The Morgan fingerprint density at radius 2 is 1.85 bits per heavy atom. The summed E-state index contributed by atoms with van der Waals surface area (Å²) in [7, 11) is -3.96. The smallest absolute Gasteiger partial charge is 0.410 e. The highest BCUT2D eigenvalue weighted by molar-refractivity contribution is 7.91.